The molecule has 2 rings (SSSR count). The van der Waals surface area contributed by atoms with Gasteiger partial charge in [-0.2, -0.15) is 0 Å². The smallest absolute Gasteiger partial charge is 0.264 e. The summed E-state index contributed by atoms with van der Waals surface area (Å²) < 4.78 is 8.75. The Balaban J connectivity index is 2.05. The molecule has 1 aliphatic rings. The zero-order chi connectivity index (χ0) is 11.5. The minimum atomic E-state index is 0.0150. The minimum Gasteiger partial charge on any atom is -0.378 e. The van der Waals surface area contributed by atoms with Crippen molar-refractivity contribution < 1.29 is 4.74 Å². The van der Waals surface area contributed by atoms with E-state index < -0.39 is 0 Å². The van der Waals surface area contributed by atoms with Crippen LogP contribution in [0.4, 0.5) is 0 Å². The summed E-state index contributed by atoms with van der Waals surface area (Å²) in [5, 5.41) is 0. The lowest BCUT2D eigenvalue weighted by Crippen LogP contribution is -2.22. The molecule has 0 bridgehead atoms. The minimum absolute atomic E-state index is 0.0150. The number of hydrogen-bond donors (Lipinski definition) is 0. The predicted molar refractivity (Wildman–Crippen MR) is 69.7 cm³/mol. The van der Waals surface area contributed by atoms with Crippen LogP contribution in [0.1, 0.15) is 19.3 Å². The molecule has 0 aliphatic carbocycles. The number of rotatable bonds is 3. The summed E-state index contributed by atoms with van der Waals surface area (Å²) in [5.74, 6) is 0. The van der Waals surface area contributed by atoms with Crippen molar-refractivity contribution in [3.8, 4) is 0 Å². The van der Waals surface area contributed by atoms with Gasteiger partial charge >= 0.3 is 0 Å². The summed E-state index contributed by atoms with van der Waals surface area (Å²) in [6, 6.07) is 1.77. The highest BCUT2D eigenvalue weighted by molar-refractivity contribution is 9.11. The van der Waals surface area contributed by atoms with Crippen LogP contribution in [0.5, 0.6) is 0 Å². The number of nitrogens with zero attached hydrogens (tertiary/aromatic N) is 1. The molecule has 0 spiro atoms. The van der Waals surface area contributed by atoms with Gasteiger partial charge in [-0.15, -0.1) is 0 Å². The van der Waals surface area contributed by atoms with E-state index in [1.165, 1.54) is 0 Å². The highest BCUT2D eigenvalue weighted by Gasteiger charge is 2.15. The first-order valence-electron chi connectivity index (χ1n) is 5.34. The lowest BCUT2D eigenvalue weighted by atomic mass is 10.2. The van der Waals surface area contributed by atoms with Gasteiger partial charge in [-0.25, -0.2) is 0 Å². The Bertz CT molecular complexity index is 424. The van der Waals surface area contributed by atoms with E-state index in [9.17, 15) is 4.79 Å². The molecule has 1 aromatic rings. The zero-order valence-electron chi connectivity index (χ0n) is 8.79. The molecule has 0 amide bonds. The Morgan fingerprint density at radius 2 is 2.31 bits per heavy atom. The molecule has 1 aromatic heterocycles. The van der Waals surface area contributed by atoms with Crippen LogP contribution in [0.3, 0.4) is 0 Å². The molecule has 2 heterocycles. The fraction of sp³-hybridized carbons (Fsp3) is 0.545. The molecule has 1 aliphatic heterocycles. The van der Waals surface area contributed by atoms with Crippen LogP contribution in [-0.2, 0) is 11.3 Å². The van der Waals surface area contributed by atoms with Crippen molar-refractivity contribution in [2.75, 3.05) is 6.61 Å². The van der Waals surface area contributed by atoms with Gasteiger partial charge in [0.25, 0.3) is 5.56 Å². The van der Waals surface area contributed by atoms with E-state index in [0.717, 1.165) is 30.3 Å². The highest BCUT2D eigenvalue weighted by Crippen LogP contribution is 2.17. The second kappa shape index (κ2) is 5.47. The Hall–Kier alpha value is -0.130. The second-order valence-corrected chi connectivity index (χ2v) is 5.70. The van der Waals surface area contributed by atoms with Crippen LogP contribution in [-0.4, -0.2) is 17.3 Å². The Kier molecular flexibility index (Phi) is 4.21. The average Bonchev–Trinajstić information content (AvgIpc) is 2.74. The first-order valence-corrected chi connectivity index (χ1v) is 6.92. The Morgan fingerprint density at radius 1 is 1.50 bits per heavy atom. The summed E-state index contributed by atoms with van der Waals surface area (Å²) in [6.07, 6.45) is 5.31. The van der Waals surface area contributed by atoms with E-state index in [0.29, 0.717) is 17.1 Å². The maximum absolute atomic E-state index is 11.8. The van der Waals surface area contributed by atoms with E-state index in [2.05, 4.69) is 31.9 Å². The van der Waals surface area contributed by atoms with Crippen molar-refractivity contribution >= 4 is 31.9 Å². The molecule has 5 heteroatoms. The van der Waals surface area contributed by atoms with E-state index >= 15 is 0 Å². The molecule has 1 saturated heterocycles. The van der Waals surface area contributed by atoms with Crippen LogP contribution >= 0.6 is 31.9 Å². The molecule has 3 nitrogen and oxygen atoms in total. The molecule has 0 radical (unpaired) electrons. The molecule has 0 aromatic carbocycles. The summed E-state index contributed by atoms with van der Waals surface area (Å²) >= 11 is 6.64. The van der Waals surface area contributed by atoms with Crippen LogP contribution in [0.2, 0.25) is 0 Å². The largest absolute Gasteiger partial charge is 0.378 e. The van der Waals surface area contributed by atoms with E-state index in [1.807, 2.05) is 6.20 Å². The SMILES string of the molecule is O=c1c(Br)cc(Br)cn1CCC1CCCO1. The van der Waals surface area contributed by atoms with Gasteiger partial charge in [-0.1, -0.05) is 0 Å². The molecular formula is C11H13Br2NO2. The first kappa shape index (κ1) is 12.3. The molecule has 1 fully saturated rings. The van der Waals surface area contributed by atoms with E-state index in [4.69, 9.17) is 4.74 Å². The Labute approximate surface area is 111 Å². The first-order chi connectivity index (χ1) is 7.66. The Morgan fingerprint density at radius 3 is 3.00 bits per heavy atom. The van der Waals surface area contributed by atoms with Crippen molar-refractivity contribution in [2.45, 2.75) is 31.9 Å². The van der Waals surface area contributed by atoms with Gasteiger partial charge < -0.3 is 9.30 Å². The van der Waals surface area contributed by atoms with Crippen LogP contribution < -0.4 is 5.56 Å². The van der Waals surface area contributed by atoms with Gasteiger partial charge in [-0.05, 0) is 57.2 Å². The molecule has 0 saturated carbocycles. The lowest BCUT2D eigenvalue weighted by Gasteiger charge is -2.11. The average molecular weight is 351 g/mol. The third-order valence-electron chi connectivity index (χ3n) is 2.72. The number of hydrogen-bond acceptors (Lipinski definition) is 2. The van der Waals surface area contributed by atoms with E-state index in [-0.39, 0.29) is 5.56 Å². The normalized spacial score (nSPS) is 20.2. The fourth-order valence-corrected chi connectivity index (χ4v) is 3.14. The topological polar surface area (TPSA) is 31.2 Å². The van der Waals surface area contributed by atoms with Gasteiger partial charge in [-0.3, -0.25) is 4.79 Å². The summed E-state index contributed by atoms with van der Waals surface area (Å²) in [7, 11) is 0. The van der Waals surface area contributed by atoms with Crippen molar-refractivity contribution in [1.29, 1.82) is 0 Å². The van der Waals surface area contributed by atoms with Crippen LogP contribution in [0, 0.1) is 0 Å². The summed E-state index contributed by atoms with van der Waals surface area (Å²) in [4.78, 5) is 11.8. The third-order valence-corrected chi connectivity index (χ3v) is 3.73. The van der Waals surface area contributed by atoms with Gasteiger partial charge in [0.05, 0.1) is 10.6 Å². The predicted octanol–water partition coefficient (Wildman–Crippen LogP) is 2.94. The zero-order valence-corrected chi connectivity index (χ0v) is 12.0. The van der Waals surface area contributed by atoms with Gasteiger partial charge in [0.15, 0.2) is 0 Å². The van der Waals surface area contributed by atoms with Crippen molar-refractivity contribution in [3.05, 3.63) is 31.6 Å². The monoisotopic (exact) mass is 349 g/mol. The van der Waals surface area contributed by atoms with Crippen molar-refractivity contribution in [2.24, 2.45) is 0 Å². The number of aryl methyl sites for hydroxylation is 1. The lowest BCUT2D eigenvalue weighted by molar-refractivity contribution is 0.100. The summed E-state index contributed by atoms with van der Waals surface area (Å²) in [6.45, 7) is 1.57. The van der Waals surface area contributed by atoms with Gasteiger partial charge in [0.1, 0.15) is 0 Å². The molecular weight excluding hydrogens is 338 g/mol. The maximum Gasteiger partial charge on any atom is 0.264 e. The molecule has 1 atom stereocenters. The molecule has 1 unspecified atom stereocenters. The molecule has 88 valence electrons. The van der Waals surface area contributed by atoms with Gasteiger partial charge in [0, 0.05) is 23.8 Å². The standard InChI is InChI=1S/C11H13Br2NO2/c12-8-6-10(13)11(15)14(7-8)4-3-9-2-1-5-16-9/h6-7,9H,1-5H2. The summed E-state index contributed by atoms with van der Waals surface area (Å²) in [5.41, 5.74) is 0.0150. The fourth-order valence-electron chi connectivity index (χ4n) is 1.89. The third kappa shape index (κ3) is 2.96. The van der Waals surface area contributed by atoms with Crippen LogP contribution in [0.25, 0.3) is 0 Å². The van der Waals surface area contributed by atoms with E-state index in [1.54, 1.807) is 10.6 Å². The highest BCUT2D eigenvalue weighted by atomic mass is 79.9. The number of halogens is 2. The number of pyridine rings is 1. The quantitative estimate of drug-likeness (QED) is 0.839. The maximum atomic E-state index is 11.8. The van der Waals surface area contributed by atoms with Gasteiger partial charge in [0.2, 0.25) is 0 Å². The van der Waals surface area contributed by atoms with Crippen LogP contribution in [0.15, 0.2) is 26.0 Å². The van der Waals surface area contributed by atoms with Crippen molar-refractivity contribution in [3.63, 3.8) is 0 Å². The second-order valence-electron chi connectivity index (χ2n) is 3.93. The van der Waals surface area contributed by atoms with Crippen molar-refractivity contribution in [1.82, 2.24) is 4.57 Å². The number of aromatic nitrogens is 1. The number of ether oxygens (including phenoxy) is 1. The molecule has 16 heavy (non-hydrogen) atoms. The molecule has 0 N–H and O–H groups in total.